The lowest BCUT2D eigenvalue weighted by atomic mass is 10.1. The van der Waals surface area contributed by atoms with E-state index in [2.05, 4.69) is 10.4 Å². The summed E-state index contributed by atoms with van der Waals surface area (Å²) < 4.78 is 1.66. The van der Waals surface area contributed by atoms with Crippen LogP contribution in [0.5, 0.6) is 0 Å². The largest absolute Gasteiger partial charge is 0.481 e. The van der Waals surface area contributed by atoms with E-state index in [1.54, 1.807) is 4.68 Å². The van der Waals surface area contributed by atoms with E-state index in [4.69, 9.17) is 5.11 Å². The number of rotatable bonds is 7. The molecule has 2 N–H and O–H groups in total. The van der Waals surface area contributed by atoms with Crippen LogP contribution in [0.25, 0.3) is 0 Å². The van der Waals surface area contributed by atoms with Crippen molar-refractivity contribution in [1.29, 1.82) is 0 Å². The molecule has 19 heavy (non-hydrogen) atoms. The summed E-state index contributed by atoms with van der Waals surface area (Å²) in [4.78, 5) is 22.2. The number of amides is 1. The number of carboxylic acids is 1. The van der Waals surface area contributed by atoms with Crippen LogP contribution in [0.1, 0.15) is 31.2 Å². The van der Waals surface area contributed by atoms with Gasteiger partial charge >= 0.3 is 5.97 Å². The highest BCUT2D eigenvalue weighted by Crippen LogP contribution is 2.04. The fourth-order valence-electron chi connectivity index (χ4n) is 1.79. The molecule has 1 heterocycles. The molecule has 0 aliphatic carbocycles. The summed E-state index contributed by atoms with van der Waals surface area (Å²) in [5.74, 6) is -0.755. The summed E-state index contributed by atoms with van der Waals surface area (Å²) in [6.45, 7) is 6.40. The van der Waals surface area contributed by atoms with Crippen molar-refractivity contribution < 1.29 is 14.7 Å². The van der Waals surface area contributed by atoms with Crippen LogP contribution < -0.4 is 5.32 Å². The Morgan fingerprint density at radius 1 is 1.47 bits per heavy atom. The van der Waals surface area contributed by atoms with E-state index in [0.717, 1.165) is 11.4 Å². The Kier molecular flexibility index (Phi) is 5.54. The van der Waals surface area contributed by atoms with Gasteiger partial charge in [0.15, 0.2) is 0 Å². The first-order chi connectivity index (χ1) is 8.88. The second-order valence-electron chi connectivity index (χ2n) is 4.93. The molecule has 0 aromatic carbocycles. The third kappa shape index (κ3) is 5.54. The molecular formula is C13H21N3O3. The van der Waals surface area contributed by atoms with Gasteiger partial charge in [-0.25, -0.2) is 0 Å². The number of aromatic nitrogens is 2. The van der Waals surface area contributed by atoms with Crippen LogP contribution in [-0.4, -0.2) is 33.3 Å². The van der Waals surface area contributed by atoms with E-state index >= 15 is 0 Å². The van der Waals surface area contributed by atoms with Crippen LogP contribution >= 0.6 is 0 Å². The van der Waals surface area contributed by atoms with E-state index in [1.807, 2.05) is 26.8 Å². The third-order valence-electron chi connectivity index (χ3n) is 2.90. The van der Waals surface area contributed by atoms with Gasteiger partial charge in [0.1, 0.15) is 6.54 Å². The molecule has 1 aromatic rings. The Morgan fingerprint density at radius 3 is 2.68 bits per heavy atom. The molecule has 1 unspecified atom stereocenters. The lowest BCUT2D eigenvalue weighted by Gasteiger charge is -2.12. The molecule has 106 valence electrons. The SMILES string of the molecule is Cc1cc(C)n(CC(=O)NCC(C)CCC(=O)O)n1. The first kappa shape index (κ1) is 15.2. The fourth-order valence-corrected chi connectivity index (χ4v) is 1.79. The minimum atomic E-state index is -0.805. The van der Waals surface area contributed by atoms with E-state index in [-0.39, 0.29) is 24.8 Å². The van der Waals surface area contributed by atoms with Gasteiger partial charge in [0.25, 0.3) is 0 Å². The van der Waals surface area contributed by atoms with Crippen molar-refractivity contribution in [3.8, 4) is 0 Å². The quantitative estimate of drug-likeness (QED) is 0.775. The van der Waals surface area contributed by atoms with Crippen LogP contribution in [0.4, 0.5) is 0 Å². The van der Waals surface area contributed by atoms with E-state index in [9.17, 15) is 9.59 Å². The van der Waals surface area contributed by atoms with Crippen molar-refractivity contribution in [2.24, 2.45) is 5.92 Å². The predicted octanol–water partition coefficient (Wildman–Crippen LogP) is 1.12. The Hall–Kier alpha value is -1.85. The maximum atomic E-state index is 11.7. The van der Waals surface area contributed by atoms with Crippen molar-refractivity contribution in [2.45, 2.75) is 40.2 Å². The monoisotopic (exact) mass is 267 g/mol. The average Bonchev–Trinajstić information content (AvgIpc) is 2.62. The maximum absolute atomic E-state index is 11.7. The van der Waals surface area contributed by atoms with Crippen LogP contribution in [0.15, 0.2) is 6.07 Å². The van der Waals surface area contributed by atoms with Gasteiger partial charge in [-0.2, -0.15) is 5.10 Å². The molecule has 0 spiro atoms. The number of carbonyl (C=O) groups is 2. The maximum Gasteiger partial charge on any atom is 0.303 e. The van der Waals surface area contributed by atoms with E-state index < -0.39 is 5.97 Å². The summed E-state index contributed by atoms with van der Waals surface area (Å²) in [5, 5.41) is 15.6. The number of nitrogens with one attached hydrogen (secondary N) is 1. The Balaban J connectivity index is 2.32. The van der Waals surface area contributed by atoms with Gasteiger partial charge in [-0.05, 0) is 32.3 Å². The molecule has 6 heteroatoms. The number of carbonyl (C=O) groups excluding carboxylic acids is 1. The normalized spacial score (nSPS) is 12.2. The zero-order chi connectivity index (χ0) is 14.4. The number of nitrogens with zero attached hydrogens (tertiary/aromatic N) is 2. The molecule has 0 saturated carbocycles. The summed E-state index contributed by atoms with van der Waals surface area (Å²) in [6.07, 6.45) is 0.698. The highest BCUT2D eigenvalue weighted by Gasteiger charge is 2.09. The number of carboxylic acid groups (broad SMARTS) is 1. The predicted molar refractivity (Wildman–Crippen MR) is 70.7 cm³/mol. The van der Waals surface area contributed by atoms with Gasteiger partial charge < -0.3 is 10.4 Å². The minimum Gasteiger partial charge on any atom is -0.481 e. The summed E-state index contributed by atoms with van der Waals surface area (Å²) in [5.41, 5.74) is 1.84. The number of aryl methyl sites for hydroxylation is 2. The molecule has 1 amide bonds. The second kappa shape index (κ2) is 6.92. The van der Waals surface area contributed by atoms with Gasteiger partial charge in [0.05, 0.1) is 5.69 Å². The first-order valence-corrected chi connectivity index (χ1v) is 6.38. The molecule has 0 radical (unpaired) electrons. The van der Waals surface area contributed by atoms with Crippen LogP contribution in [0, 0.1) is 19.8 Å². The van der Waals surface area contributed by atoms with Gasteiger partial charge in [-0.1, -0.05) is 6.92 Å². The lowest BCUT2D eigenvalue weighted by Crippen LogP contribution is -2.32. The van der Waals surface area contributed by atoms with E-state index in [0.29, 0.717) is 13.0 Å². The molecule has 0 fully saturated rings. The molecule has 6 nitrogen and oxygen atoms in total. The van der Waals surface area contributed by atoms with Crippen molar-refractivity contribution in [2.75, 3.05) is 6.54 Å². The molecule has 0 aliphatic heterocycles. The smallest absolute Gasteiger partial charge is 0.303 e. The van der Waals surface area contributed by atoms with Crippen molar-refractivity contribution in [3.63, 3.8) is 0 Å². The van der Waals surface area contributed by atoms with Crippen molar-refractivity contribution in [3.05, 3.63) is 17.5 Å². The van der Waals surface area contributed by atoms with Gasteiger partial charge in [-0.15, -0.1) is 0 Å². The zero-order valence-corrected chi connectivity index (χ0v) is 11.6. The molecule has 0 saturated heterocycles. The second-order valence-corrected chi connectivity index (χ2v) is 4.93. The summed E-state index contributed by atoms with van der Waals surface area (Å²) in [7, 11) is 0. The average molecular weight is 267 g/mol. The topological polar surface area (TPSA) is 84.2 Å². The Bertz CT molecular complexity index is 454. The number of hydrogen-bond donors (Lipinski definition) is 2. The first-order valence-electron chi connectivity index (χ1n) is 6.38. The highest BCUT2D eigenvalue weighted by atomic mass is 16.4. The summed E-state index contributed by atoms with van der Waals surface area (Å²) in [6, 6.07) is 1.92. The van der Waals surface area contributed by atoms with Gasteiger partial charge in [0, 0.05) is 18.7 Å². The molecule has 0 bridgehead atoms. The molecule has 0 aliphatic rings. The zero-order valence-electron chi connectivity index (χ0n) is 11.6. The standard InChI is InChI=1S/C13H21N3O3/c1-9(4-5-13(18)19)7-14-12(17)8-16-11(3)6-10(2)15-16/h6,9H,4-5,7-8H2,1-3H3,(H,14,17)(H,18,19). The number of hydrogen-bond acceptors (Lipinski definition) is 3. The van der Waals surface area contributed by atoms with Crippen LogP contribution in [0.3, 0.4) is 0 Å². The van der Waals surface area contributed by atoms with Crippen LogP contribution in [0.2, 0.25) is 0 Å². The van der Waals surface area contributed by atoms with Gasteiger partial charge in [-0.3, -0.25) is 14.3 Å². The molecular weight excluding hydrogens is 246 g/mol. The lowest BCUT2D eigenvalue weighted by molar-refractivity contribution is -0.137. The molecule has 1 rings (SSSR count). The fraction of sp³-hybridized carbons (Fsp3) is 0.615. The van der Waals surface area contributed by atoms with Gasteiger partial charge in [0.2, 0.25) is 5.91 Å². The van der Waals surface area contributed by atoms with Crippen molar-refractivity contribution in [1.82, 2.24) is 15.1 Å². The van der Waals surface area contributed by atoms with Crippen LogP contribution in [-0.2, 0) is 16.1 Å². The third-order valence-corrected chi connectivity index (χ3v) is 2.90. The highest BCUT2D eigenvalue weighted by molar-refractivity contribution is 5.75. The summed E-state index contributed by atoms with van der Waals surface area (Å²) >= 11 is 0. The van der Waals surface area contributed by atoms with Crippen molar-refractivity contribution >= 4 is 11.9 Å². The Morgan fingerprint density at radius 2 is 2.16 bits per heavy atom. The Labute approximate surface area is 112 Å². The number of aliphatic carboxylic acids is 1. The molecule has 1 aromatic heterocycles. The van der Waals surface area contributed by atoms with E-state index in [1.165, 1.54) is 0 Å². The minimum absolute atomic E-state index is 0.103. The molecule has 1 atom stereocenters.